The predicted molar refractivity (Wildman–Crippen MR) is 139 cm³/mol. The van der Waals surface area contributed by atoms with E-state index in [1.54, 1.807) is 0 Å². The third kappa shape index (κ3) is 5.05. The zero-order valence-corrected chi connectivity index (χ0v) is 19.7. The number of nitrogens with zero attached hydrogens (tertiary/aromatic N) is 2. The smallest absolute Gasteiger partial charge is 0.0534 e. The van der Waals surface area contributed by atoms with Crippen LogP contribution in [0.4, 0.5) is 0 Å². The van der Waals surface area contributed by atoms with Crippen LogP contribution in [0.25, 0.3) is 16.6 Å². The maximum absolute atomic E-state index is 3.87. The summed E-state index contributed by atoms with van der Waals surface area (Å²) in [5, 5.41) is 5.25. The lowest BCUT2D eigenvalue weighted by Gasteiger charge is -2.32. The molecule has 1 aliphatic rings. The summed E-state index contributed by atoms with van der Waals surface area (Å²) in [5.41, 5.74) is 6.83. The van der Waals surface area contributed by atoms with Gasteiger partial charge in [-0.3, -0.25) is 0 Å². The van der Waals surface area contributed by atoms with Crippen molar-refractivity contribution in [1.82, 2.24) is 14.8 Å². The van der Waals surface area contributed by atoms with Gasteiger partial charge in [-0.25, -0.2) is 0 Å². The molecule has 3 aromatic carbocycles. The fourth-order valence-electron chi connectivity index (χ4n) is 5.35. The summed E-state index contributed by atoms with van der Waals surface area (Å²) in [5.74, 6) is 0. The van der Waals surface area contributed by atoms with Gasteiger partial charge >= 0.3 is 0 Å². The molecule has 1 aromatic heterocycles. The highest BCUT2D eigenvalue weighted by Crippen LogP contribution is 2.29. The molecule has 3 heteroatoms. The molecule has 1 saturated heterocycles. The van der Waals surface area contributed by atoms with E-state index in [0.29, 0.717) is 6.04 Å². The lowest BCUT2D eigenvalue weighted by molar-refractivity contribution is 0.200. The van der Waals surface area contributed by atoms with E-state index < -0.39 is 0 Å². The predicted octanol–water partition coefficient (Wildman–Crippen LogP) is 5.78. The second-order valence-corrected chi connectivity index (χ2v) is 9.31. The van der Waals surface area contributed by atoms with Gasteiger partial charge in [-0.1, -0.05) is 66.7 Å². The van der Waals surface area contributed by atoms with Crippen LogP contribution in [0.2, 0.25) is 0 Å². The van der Waals surface area contributed by atoms with E-state index in [1.165, 1.54) is 65.9 Å². The Morgan fingerprint density at radius 2 is 1.45 bits per heavy atom. The van der Waals surface area contributed by atoms with E-state index in [0.717, 1.165) is 19.4 Å². The molecule has 0 bridgehead atoms. The van der Waals surface area contributed by atoms with Crippen LogP contribution in [0.3, 0.4) is 0 Å². The largest absolute Gasteiger partial charge is 0.314 e. The zero-order chi connectivity index (χ0) is 22.5. The van der Waals surface area contributed by atoms with Crippen LogP contribution in [0.1, 0.15) is 29.7 Å². The maximum Gasteiger partial charge on any atom is 0.0534 e. The molecule has 1 aliphatic heterocycles. The van der Waals surface area contributed by atoms with Gasteiger partial charge < -0.3 is 14.8 Å². The maximum atomic E-state index is 3.87. The molecule has 5 rings (SSSR count). The molecule has 0 radical (unpaired) electrons. The second kappa shape index (κ2) is 10.4. The minimum Gasteiger partial charge on any atom is -0.314 e. The summed E-state index contributed by atoms with van der Waals surface area (Å²) in [6.45, 7) is 6.90. The number of aromatic nitrogens is 1. The van der Waals surface area contributed by atoms with Gasteiger partial charge in [0.1, 0.15) is 0 Å². The third-order valence-corrected chi connectivity index (χ3v) is 7.21. The van der Waals surface area contributed by atoms with Crippen molar-refractivity contribution in [2.45, 2.75) is 38.6 Å². The van der Waals surface area contributed by atoms with Crippen molar-refractivity contribution in [3.8, 4) is 5.69 Å². The molecular weight excluding hydrogens is 402 g/mol. The fourth-order valence-corrected chi connectivity index (χ4v) is 5.35. The summed E-state index contributed by atoms with van der Waals surface area (Å²) in [6, 6.07) is 31.1. The molecule has 0 spiro atoms. The average Bonchev–Trinajstić information content (AvgIpc) is 3.16. The topological polar surface area (TPSA) is 20.2 Å². The number of piperidine rings is 1. The van der Waals surface area contributed by atoms with Crippen molar-refractivity contribution in [1.29, 1.82) is 0 Å². The molecule has 0 saturated carbocycles. The standard InChI is InChI=1S/C30H35N3/c1-24-28(29-14-8-9-15-30(29)33(24)27-12-6-3-7-13-27)16-20-31-26-18-22-32(23-19-26)21-17-25-10-4-2-5-11-25/h2-15,26,31H,16-23H2,1H3. The molecule has 0 atom stereocenters. The Morgan fingerprint density at radius 3 is 2.21 bits per heavy atom. The van der Waals surface area contributed by atoms with Crippen molar-refractivity contribution < 1.29 is 0 Å². The third-order valence-electron chi connectivity index (χ3n) is 7.21. The van der Waals surface area contributed by atoms with Crippen LogP contribution in [0.15, 0.2) is 84.9 Å². The monoisotopic (exact) mass is 437 g/mol. The molecule has 4 aromatic rings. The zero-order valence-electron chi connectivity index (χ0n) is 19.7. The Balaban J connectivity index is 1.17. The number of hydrogen-bond donors (Lipinski definition) is 1. The highest BCUT2D eigenvalue weighted by Gasteiger charge is 2.19. The first-order valence-electron chi connectivity index (χ1n) is 12.4. The van der Waals surface area contributed by atoms with Crippen molar-refractivity contribution in [2.24, 2.45) is 0 Å². The van der Waals surface area contributed by atoms with Crippen molar-refractivity contribution in [3.05, 3.63) is 102 Å². The lowest BCUT2D eigenvalue weighted by atomic mass is 10.0. The first-order valence-corrected chi connectivity index (χ1v) is 12.4. The molecule has 33 heavy (non-hydrogen) atoms. The minimum atomic E-state index is 0.640. The number of hydrogen-bond acceptors (Lipinski definition) is 2. The molecule has 1 fully saturated rings. The first kappa shape index (κ1) is 21.9. The Labute approximate surface area is 198 Å². The van der Waals surface area contributed by atoms with Crippen LogP contribution in [0.5, 0.6) is 0 Å². The molecule has 0 amide bonds. The highest BCUT2D eigenvalue weighted by atomic mass is 15.1. The Bertz CT molecular complexity index is 1160. The van der Waals surface area contributed by atoms with Gasteiger partial charge in [0.25, 0.3) is 0 Å². The number of likely N-dealkylation sites (tertiary alicyclic amines) is 1. The highest BCUT2D eigenvalue weighted by molar-refractivity contribution is 5.87. The summed E-state index contributed by atoms with van der Waals surface area (Å²) in [6.07, 6.45) is 4.73. The normalized spacial score (nSPS) is 15.3. The van der Waals surface area contributed by atoms with E-state index in [-0.39, 0.29) is 0 Å². The van der Waals surface area contributed by atoms with E-state index in [1.807, 2.05) is 0 Å². The van der Waals surface area contributed by atoms with E-state index in [4.69, 9.17) is 0 Å². The average molecular weight is 438 g/mol. The summed E-state index contributed by atoms with van der Waals surface area (Å²) in [7, 11) is 0. The lowest BCUT2D eigenvalue weighted by Crippen LogP contribution is -2.43. The van der Waals surface area contributed by atoms with Crippen LogP contribution >= 0.6 is 0 Å². The molecule has 3 nitrogen and oxygen atoms in total. The summed E-state index contributed by atoms with van der Waals surface area (Å²) < 4.78 is 2.41. The molecule has 1 N–H and O–H groups in total. The van der Waals surface area contributed by atoms with E-state index >= 15 is 0 Å². The van der Waals surface area contributed by atoms with Gasteiger partial charge in [0.05, 0.1) is 5.52 Å². The van der Waals surface area contributed by atoms with Gasteiger partial charge in [0.2, 0.25) is 0 Å². The van der Waals surface area contributed by atoms with E-state index in [9.17, 15) is 0 Å². The van der Waals surface area contributed by atoms with Crippen LogP contribution < -0.4 is 5.32 Å². The van der Waals surface area contributed by atoms with Gasteiger partial charge in [-0.15, -0.1) is 0 Å². The van der Waals surface area contributed by atoms with Crippen LogP contribution in [-0.2, 0) is 12.8 Å². The number of benzene rings is 3. The Morgan fingerprint density at radius 1 is 0.788 bits per heavy atom. The van der Waals surface area contributed by atoms with Gasteiger partial charge in [0, 0.05) is 29.4 Å². The Kier molecular flexibility index (Phi) is 6.89. The van der Waals surface area contributed by atoms with E-state index in [2.05, 4.69) is 107 Å². The molecular formula is C30H35N3. The molecule has 0 unspecified atom stereocenters. The van der Waals surface area contributed by atoms with Crippen LogP contribution in [-0.4, -0.2) is 41.7 Å². The number of fused-ring (bicyclic) bond motifs is 1. The molecule has 170 valence electrons. The van der Waals surface area contributed by atoms with Crippen LogP contribution in [0, 0.1) is 6.92 Å². The summed E-state index contributed by atoms with van der Waals surface area (Å²) in [4.78, 5) is 2.63. The van der Waals surface area contributed by atoms with Gasteiger partial charge in [-0.05, 0) is 81.6 Å². The Hall–Kier alpha value is -2.88. The SMILES string of the molecule is Cc1c(CCNC2CCN(CCc3ccccc3)CC2)c2ccccc2n1-c1ccccc1. The quantitative estimate of drug-likeness (QED) is 0.377. The van der Waals surface area contributed by atoms with Crippen molar-refractivity contribution >= 4 is 10.9 Å². The number of nitrogens with one attached hydrogen (secondary N) is 1. The van der Waals surface area contributed by atoms with Crippen molar-refractivity contribution in [2.75, 3.05) is 26.2 Å². The molecule has 2 heterocycles. The fraction of sp³-hybridized carbons (Fsp3) is 0.333. The minimum absolute atomic E-state index is 0.640. The first-order chi connectivity index (χ1) is 16.3. The summed E-state index contributed by atoms with van der Waals surface area (Å²) >= 11 is 0. The number of rotatable bonds is 8. The number of para-hydroxylation sites is 2. The van der Waals surface area contributed by atoms with Gasteiger partial charge in [0.15, 0.2) is 0 Å². The van der Waals surface area contributed by atoms with Crippen molar-refractivity contribution in [3.63, 3.8) is 0 Å². The molecule has 0 aliphatic carbocycles. The van der Waals surface area contributed by atoms with Gasteiger partial charge in [-0.2, -0.15) is 0 Å². The second-order valence-electron chi connectivity index (χ2n) is 9.31.